The van der Waals surface area contributed by atoms with Gasteiger partial charge in [0.25, 0.3) is 5.91 Å². The third-order valence-corrected chi connectivity index (χ3v) is 4.27. The van der Waals surface area contributed by atoms with Crippen molar-refractivity contribution in [1.29, 1.82) is 0 Å². The van der Waals surface area contributed by atoms with Crippen LogP contribution < -0.4 is 5.43 Å². The minimum absolute atomic E-state index is 0.105. The molecule has 1 amide bonds. The Labute approximate surface area is 135 Å². The van der Waals surface area contributed by atoms with Crippen molar-refractivity contribution in [3.05, 3.63) is 33.8 Å². The lowest BCUT2D eigenvalue weighted by Gasteiger charge is -2.17. The molecule has 0 unspecified atom stereocenters. The highest BCUT2D eigenvalue weighted by atomic mass is 35.5. The highest BCUT2D eigenvalue weighted by molar-refractivity contribution is 6.43. The second-order valence-electron chi connectivity index (χ2n) is 5.13. The first-order valence-corrected chi connectivity index (χ1v) is 7.90. The van der Waals surface area contributed by atoms with Gasteiger partial charge in [-0.3, -0.25) is 9.69 Å². The molecule has 0 radical (unpaired) electrons. The van der Waals surface area contributed by atoms with Gasteiger partial charge in [0.05, 0.1) is 22.8 Å². The van der Waals surface area contributed by atoms with E-state index in [2.05, 4.69) is 15.4 Å². The molecule has 114 valence electrons. The molecule has 1 saturated heterocycles. The van der Waals surface area contributed by atoms with Gasteiger partial charge < -0.3 is 0 Å². The third-order valence-electron chi connectivity index (χ3n) is 3.44. The van der Waals surface area contributed by atoms with Crippen molar-refractivity contribution in [2.75, 3.05) is 19.6 Å². The maximum Gasteiger partial charge on any atom is 0.254 e. The van der Waals surface area contributed by atoms with Crippen LogP contribution in [-0.4, -0.2) is 36.7 Å². The quantitative estimate of drug-likeness (QED) is 0.681. The number of likely N-dealkylation sites (tertiary alicyclic amines) is 1. The van der Waals surface area contributed by atoms with Crippen LogP contribution in [0.5, 0.6) is 0 Å². The molecule has 0 saturated carbocycles. The zero-order valence-electron chi connectivity index (χ0n) is 11.8. The molecule has 1 fully saturated rings. The van der Waals surface area contributed by atoms with E-state index in [0.29, 0.717) is 22.2 Å². The summed E-state index contributed by atoms with van der Waals surface area (Å²) in [6.45, 7) is 2.36. The lowest BCUT2D eigenvalue weighted by Crippen LogP contribution is -2.35. The summed E-state index contributed by atoms with van der Waals surface area (Å²) in [5.41, 5.74) is 3.21. The van der Waals surface area contributed by atoms with Crippen LogP contribution in [0.2, 0.25) is 10.0 Å². The van der Waals surface area contributed by atoms with Crippen molar-refractivity contribution in [2.24, 2.45) is 5.10 Å². The fraction of sp³-hybridized carbons (Fsp3) is 0.467. The molecule has 2 rings (SSSR count). The first-order chi connectivity index (χ1) is 10.2. The van der Waals surface area contributed by atoms with Crippen molar-refractivity contribution in [3.63, 3.8) is 0 Å². The van der Waals surface area contributed by atoms with Gasteiger partial charge in [0.15, 0.2) is 0 Å². The average molecular weight is 328 g/mol. The number of hydrazone groups is 1. The van der Waals surface area contributed by atoms with Crippen LogP contribution in [0.25, 0.3) is 0 Å². The SMILES string of the molecule is O=C(CN1CCCCCC1)N/N=C\c1cccc(Cl)c1Cl. The molecule has 1 aromatic rings. The van der Waals surface area contributed by atoms with Crippen LogP contribution in [0, 0.1) is 0 Å². The van der Waals surface area contributed by atoms with Gasteiger partial charge in [-0.1, -0.05) is 48.2 Å². The molecule has 6 heteroatoms. The Hall–Kier alpha value is -1.10. The zero-order valence-corrected chi connectivity index (χ0v) is 13.3. The first-order valence-electron chi connectivity index (χ1n) is 7.15. The summed E-state index contributed by atoms with van der Waals surface area (Å²) in [6, 6.07) is 5.28. The van der Waals surface area contributed by atoms with Gasteiger partial charge in [-0.05, 0) is 32.0 Å². The molecular weight excluding hydrogens is 309 g/mol. The summed E-state index contributed by atoms with van der Waals surface area (Å²) >= 11 is 12.0. The molecule has 4 nitrogen and oxygen atoms in total. The van der Waals surface area contributed by atoms with E-state index >= 15 is 0 Å². The number of hydrogen-bond donors (Lipinski definition) is 1. The van der Waals surface area contributed by atoms with Gasteiger partial charge in [-0.15, -0.1) is 0 Å². The molecule has 1 N–H and O–H groups in total. The number of rotatable bonds is 4. The number of benzene rings is 1. The number of amides is 1. The summed E-state index contributed by atoms with van der Waals surface area (Å²) in [5.74, 6) is -0.105. The van der Waals surface area contributed by atoms with E-state index in [-0.39, 0.29) is 5.91 Å². The predicted molar refractivity (Wildman–Crippen MR) is 87.1 cm³/mol. The lowest BCUT2D eigenvalue weighted by molar-refractivity contribution is -0.122. The molecule has 1 aromatic carbocycles. The summed E-state index contributed by atoms with van der Waals surface area (Å²) in [4.78, 5) is 14.0. The molecule has 0 atom stereocenters. The van der Waals surface area contributed by atoms with E-state index in [1.807, 2.05) is 0 Å². The Bertz CT molecular complexity index is 512. The second kappa shape index (κ2) is 8.37. The number of halogens is 2. The number of carbonyl (C=O) groups excluding carboxylic acids is 1. The Morgan fingerprint density at radius 1 is 1.24 bits per heavy atom. The van der Waals surface area contributed by atoms with Crippen LogP contribution in [-0.2, 0) is 4.79 Å². The van der Waals surface area contributed by atoms with Crippen molar-refractivity contribution in [1.82, 2.24) is 10.3 Å². The van der Waals surface area contributed by atoms with Crippen LogP contribution >= 0.6 is 23.2 Å². The Morgan fingerprint density at radius 3 is 2.67 bits per heavy atom. The fourth-order valence-electron chi connectivity index (χ4n) is 2.33. The molecule has 1 aliphatic heterocycles. The minimum atomic E-state index is -0.105. The van der Waals surface area contributed by atoms with Crippen molar-refractivity contribution in [3.8, 4) is 0 Å². The Balaban J connectivity index is 1.82. The van der Waals surface area contributed by atoms with Crippen LogP contribution in [0.1, 0.15) is 31.2 Å². The van der Waals surface area contributed by atoms with Crippen molar-refractivity contribution in [2.45, 2.75) is 25.7 Å². The topological polar surface area (TPSA) is 44.7 Å². The van der Waals surface area contributed by atoms with E-state index < -0.39 is 0 Å². The average Bonchev–Trinajstić information content (AvgIpc) is 2.72. The van der Waals surface area contributed by atoms with E-state index in [0.717, 1.165) is 25.9 Å². The number of hydrogen-bond acceptors (Lipinski definition) is 3. The first kappa shape index (κ1) is 16.3. The van der Waals surface area contributed by atoms with Gasteiger partial charge in [0.2, 0.25) is 0 Å². The summed E-state index contributed by atoms with van der Waals surface area (Å²) < 4.78 is 0. The minimum Gasteiger partial charge on any atom is -0.294 e. The fourth-order valence-corrected chi connectivity index (χ4v) is 2.68. The molecular formula is C15H19Cl2N3O. The van der Waals surface area contributed by atoms with Crippen LogP contribution in [0.3, 0.4) is 0 Å². The third kappa shape index (κ3) is 5.30. The van der Waals surface area contributed by atoms with Gasteiger partial charge in [0.1, 0.15) is 0 Å². The summed E-state index contributed by atoms with van der Waals surface area (Å²) in [5, 5.41) is 4.84. The van der Waals surface area contributed by atoms with Crippen molar-refractivity contribution >= 4 is 35.3 Å². The standard InChI is InChI=1S/C15H19Cl2N3O/c16-13-7-5-6-12(15(13)17)10-18-19-14(21)11-20-8-3-1-2-4-9-20/h5-7,10H,1-4,8-9,11H2,(H,19,21)/b18-10-. The maximum atomic E-state index is 11.8. The summed E-state index contributed by atoms with van der Waals surface area (Å²) in [6.07, 6.45) is 6.34. The van der Waals surface area contributed by atoms with E-state index in [4.69, 9.17) is 23.2 Å². The van der Waals surface area contributed by atoms with E-state index in [1.165, 1.54) is 19.1 Å². The maximum absolute atomic E-state index is 11.8. The van der Waals surface area contributed by atoms with Gasteiger partial charge in [-0.2, -0.15) is 5.10 Å². The van der Waals surface area contributed by atoms with Crippen LogP contribution in [0.15, 0.2) is 23.3 Å². The number of carbonyl (C=O) groups is 1. The second-order valence-corrected chi connectivity index (χ2v) is 5.91. The van der Waals surface area contributed by atoms with E-state index in [9.17, 15) is 4.79 Å². The molecule has 1 aliphatic rings. The number of nitrogens with zero attached hydrogens (tertiary/aromatic N) is 2. The van der Waals surface area contributed by atoms with Crippen LogP contribution in [0.4, 0.5) is 0 Å². The predicted octanol–water partition coefficient (Wildman–Crippen LogP) is 3.32. The molecule has 1 heterocycles. The van der Waals surface area contributed by atoms with Gasteiger partial charge >= 0.3 is 0 Å². The van der Waals surface area contributed by atoms with E-state index in [1.54, 1.807) is 18.2 Å². The number of nitrogens with one attached hydrogen (secondary N) is 1. The molecule has 0 aliphatic carbocycles. The highest BCUT2D eigenvalue weighted by Crippen LogP contribution is 2.24. The summed E-state index contributed by atoms with van der Waals surface area (Å²) in [7, 11) is 0. The molecule has 21 heavy (non-hydrogen) atoms. The smallest absolute Gasteiger partial charge is 0.254 e. The highest BCUT2D eigenvalue weighted by Gasteiger charge is 2.12. The van der Waals surface area contributed by atoms with Gasteiger partial charge in [0, 0.05) is 5.56 Å². The normalized spacial score (nSPS) is 16.9. The monoisotopic (exact) mass is 327 g/mol. The molecule has 0 spiro atoms. The zero-order chi connectivity index (χ0) is 15.1. The largest absolute Gasteiger partial charge is 0.294 e. The Kier molecular flexibility index (Phi) is 6.49. The van der Waals surface area contributed by atoms with Gasteiger partial charge in [-0.25, -0.2) is 5.43 Å². The molecule has 0 bridgehead atoms. The lowest BCUT2D eigenvalue weighted by atomic mass is 10.2. The van der Waals surface area contributed by atoms with Crippen molar-refractivity contribution < 1.29 is 4.79 Å². The molecule has 0 aromatic heterocycles. The Morgan fingerprint density at radius 2 is 1.95 bits per heavy atom.